The second kappa shape index (κ2) is 9.28. The zero-order valence-corrected chi connectivity index (χ0v) is 17.4. The molecule has 0 aliphatic heterocycles. The fourth-order valence-electron chi connectivity index (χ4n) is 2.95. The van der Waals surface area contributed by atoms with Crippen LogP contribution in [0.1, 0.15) is 16.1 Å². The van der Waals surface area contributed by atoms with E-state index >= 15 is 0 Å². The highest BCUT2D eigenvalue weighted by Gasteiger charge is 2.20. The Hall–Kier alpha value is -3.58. The molecule has 154 valence electrons. The van der Waals surface area contributed by atoms with E-state index in [4.69, 9.17) is 21.1 Å². The molecule has 1 aromatic heterocycles. The molecule has 0 bridgehead atoms. The number of amides is 3. The first kappa shape index (κ1) is 21.1. The lowest BCUT2D eigenvalue weighted by Gasteiger charge is -2.13. The molecule has 0 spiro atoms. The van der Waals surface area contributed by atoms with E-state index in [1.807, 2.05) is 25.1 Å². The van der Waals surface area contributed by atoms with Gasteiger partial charge in [-0.25, -0.2) is 9.78 Å². The van der Waals surface area contributed by atoms with Crippen molar-refractivity contribution in [2.75, 3.05) is 19.5 Å². The van der Waals surface area contributed by atoms with Gasteiger partial charge in [-0.05, 0) is 48.9 Å². The number of aromatic nitrogens is 1. The maximum atomic E-state index is 12.6. The lowest BCUT2D eigenvalue weighted by molar-refractivity contribution is 0.0961. The zero-order valence-electron chi connectivity index (χ0n) is 16.7. The van der Waals surface area contributed by atoms with Gasteiger partial charge in [-0.2, -0.15) is 0 Å². The number of nitrogens with zero attached hydrogens (tertiary/aromatic N) is 1. The highest BCUT2D eigenvalue weighted by Crippen LogP contribution is 2.28. The van der Waals surface area contributed by atoms with Crippen molar-refractivity contribution in [3.05, 3.63) is 70.9 Å². The average Bonchev–Trinajstić information content (AvgIpc) is 2.73. The largest absolute Gasteiger partial charge is 0.496 e. The number of hydrogen-bond acceptors (Lipinski definition) is 5. The van der Waals surface area contributed by atoms with Crippen molar-refractivity contribution in [1.29, 1.82) is 0 Å². The van der Waals surface area contributed by atoms with Gasteiger partial charge in [-0.3, -0.25) is 15.4 Å². The number of carbonyl (C=O) groups is 2. The number of pyridine rings is 1. The smallest absolute Gasteiger partial charge is 0.327 e. The Labute approximate surface area is 179 Å². The minimum atomic E-state index is -0.723. The van der Waals surface area contributed by atoms with Crippen molar-refractivity contribution in [3.63, 3.8) is 0 Å². The van der Waals surface area contributed by atoms with E-state index in [0.717, 1.165) is 11.1 Å². The Balaban J connectivity index is 1.73. The van der Waals surface area contributed by atoms with Crippen molar-refractivity contribution in [2.24, 2.45) is 0 Å². The number of benzene rings is 2. The molecule has 0 saturated heterocycles. The van der Waals surface area contributed by atoms with Crippen molar-refractivity contribution in [3.8, 4) is 22.6 Å². The minimum absolute atomic E-state index is 0.125. The minimum Gasteiger partial charge on any atom is -0.496 e. The van der Waals surface area contributed by atoms with Crippen LogP contribution >= 0.6 is 11.6 Å². The highest BCUT2D eigenvalue weighted by atomic mass is 35.5. The third kappa shape index (κ3) is 4.69. The number of hydrogen-bond donors (Lipinski definition) is 2. The van der Waals surface area contributed by atoms with Gasteiger partial charge in [0.2, 0.25) is 0 Å². The van der Waals surface area contributed by atoms with E-state index in [9.17, 15) is 9.59 Å². The number of imide groups is 1. The summed E-state index contributed by atoms with van der Waals surface area (Å²) in [4.78, 5) is 29.3. The fraction of sp³-hybridized carbons (Fsp3) is 0.136. The van der Waals surface area contributed by atoms with Gasteiger partial charge >= 0.3 is 6.03 Å². The summed E-state index contributed by atoms with van der Waals surface area (Å²) in [5.74, 6) is 0.237. The molecule has 3 rings (SSSR count). The molecule has 3 amide bonds. The van der Waals surface area contributed by atoms with Crippen molar-refractivity contribution in [2.45, 2.75) is 6.92 Å². The molecule has 0 radical (unpaired) electrons. The van der Waals surface area contributed by atoms with Gasteiger partial charge in [0.1, 0.15) is 22.9 Å². The number of nitrogens with one attached hydrogen (secondary N) is 2. The lowest BCUT2D eigenvalue weighted by Crippen LogP contribution is -2.35. The predicted octanol–water partition coefficient (Wildman–Crippen LogP) is 4.69. The van der Waals surface area contributed by atoms with Gasteiger partial charge in [0, 0.05) is 16.3 Å². The van der Waals surface area contributed by atoms with Crippen molar-refractivity contribution < 1.29 is 19.1 Å². The maximum absolute atomic E-state index is 12.6. The number of halogens is 1. The van der Waals surface area contributed by atoms with E-state index in [1.165, 1.54) is 14.2 Å². The number of anilines is 1. The monoisotopic (exact) mass is 425 g/mol. The first-order valence-electron chi connectivity index (χ1n) is 9.00. The molecule has 2 N–H and O–H groups in total. The highest BCUT2D eigenvalue weighted by molar-refractivity contribution is 6.30. The van der Waals surface area contributed by atoms with Crippen molar-refractivity contribution in [1.82, 2.24) is 10.3 Å². The Morgan fingerprint density at radius 2 is 1.57 bits per heavy atom. The first-order valence-corrected chi connectivity index (χ1v) is 9.37. The molecule has 0 unspecified atom stereocenters. The third-order valence-corrected chi connectivity index (χ3v) is 4.62. The topological polar surface area (TPSA) is 89.5 Å². The maximum Gasteiger partial charge on any atom is 0.327 e. The van der Waals surface area contributed by atoms with Gasteiger partial charge in [0.05, 0.1) is 14.2 Å². The second-order valence-corrected chi connectivity index (χ2v) is 6.72. The lowest BCUT2D eigenvalue weighted by atomic mass is 10.0. The van der Waals surface area contributed by atoms with E-state index in [1.54, 1.807) is 36.4 Å². The molecule has 8 heteroatoms. The average molecular weight is 426 g/mol. The predicted molar refractivity (Wildman–Crippen MR) is 115 cm³/mol. The van der Waals surface area contributed by atoms with E-state index in [-0.39, 0.29) is 5.56 Å². The number of rotatable bonds is 5. The molecule has 7 nitrogen and oxygen atoms in total. The molecule has 30 heavy (non-hydrogen) atoms. The number of carbonyl (C=O) groups excluding carboxylic acids is 2. The summed E-state index contributed by atoms with van der Waals surface area (Å²) in [6.07, 6.45) is 0. The third-order valence-electron chi connectivity index (χ3n) is 4.36. The van der Waals surface area contributed by atoms with Gasteiger partial charge in [-0.1, -0.05) is 29.8 Å². The van der Waals surface area contributed by atoms with Crippen LogP contribution in [0.4, 0.5) is 10.6 Å². The van der Waals surface area contributed by atoms with Crippen LogP contribution in [0.15, 0.2) is 54.6 Å². The summed E-state index contributed by atoms with van der Waals surface area (Å²) in [6, 6.07) is 15.1. The summed E-state index contributed by atoms with van der Waals surface area (Å²) >= 11 is 5.93. The van der Waals surface area contributed by atoms with E-state index in [0.29, 0.717) is 28.0 Å². The van der Waals surface area contributed by atoms with Crippen LogP contribution < -0.4 is 20.1 Å². The standard InChI is InChI=1S/C22H20ClN3O4/c1-13-16(14-7-9-15(23)10-8-14)11-12-19(24-13)25-22(28)26-21(27)20-17(29-2)5-4-6-18(20)30-3/h4-12H,1-3H3,(H2,24,25,26,27,28). The number of methoxy groups -OCH3 is 2. The van der Waals surface area contributed by atoms with Crippen LogP contribution in [0.25, 0.3) is 11.1 Å². The molecule has 1 heterocycles. The summed E-state index contributed by atoms with van der Waals surface area (Å²) < 4.78 is 10.4. The molecule has 0 atom stereocenters. The van der Waals surface area contributed by atoms with Crippen LogP contribution in [0.3, 0.4) is 0 Å². The van der Waals surface area contributed by atoms with E-state index in [2.05, 4.69) is 15.6 Å². The Morgan fingerprint density at radius 3 is 2.13 bits per heavy atom. The summed E-state index contributed by atoms with van der Waals surface area (Å²) in [5, 5.41) is 5.47. The molecule has 0 fully saturated rings. The van der Waals surface area contributed by atoms with Gasteiger partial charge in [-0.15, -0.1) is 0 Å². The molecule has 3 aromatic rings. The molecular formula is C22H20ClN3O4. The van der Waals surface area contributed by atoms with E-state index < -0.39 is 11.9 Å². The number of ether oxygens (including phenoxy) is 2. The Bertz CT molecular complexity index is 1060. The van der Waals surface area contributed by atoms with Crippen molar-refractivity contribution >= 4 is 29.4 Å². The fourth-order valence-corrected chi connectivity index (χ4v) is 3.08. The number of urea groups is 1. The van der Waals surface area contributed by atoms with Crippen LogP contribution in [-0.2, 0) is 0 Å². The molecule has 0 aliphatic carbocycles. The SMILES string of the molecule is COc1cccc(OC)c1C(=O)NC(=O)Nc1ccc(-c2ccc(Cl)cc2)c(C)n1. The van der Waals surface area contributed by atoms with Crippen LogP contribution in [0, 0.1) is 6.92 Å². The summed E-state index contributed by atoms with van der Waals surface area (Å²) in [6.45, 7) is 1.83. The summed E-state index contributed by atoms with van der Waals surface area (Å²) in [7, 11) is 2.86. The van der Waals surface area contributed by atoms with Gasteiger partial charge in [0.15, 0.2) is 0 Å². The van der Waals surface area contributed by atoms with Crippen LogP contribution in [0.2, 0.25) is 5.02 Å². The van der Waals surface area contributed by atoms with Gasteiger partial charge < -0.3 is 9.47 Å². The van der Waals surface area contributed by atoms with Crippen LogP contribution in [0.5, 0.6) is 11.5 Å². The van der Waals surface area contributed by atoms with Gasteiger partial charge in [0.25, 0.3) is 5.91 Å². The quantitative estimate of drug-likeness (QED) is 0.619. The Morgan fingerprint density at radius 1 is 0.933 bits per heavy atom. The molecule has 2 aromatic carbocycles. The molecule has 0 saturated carbocycles. The van der Waals surface area contributed by atoms with Crippen LogP contribution in [-0.4, -0.2) is 31.1 Å². The zero-order chi connectivity index (χ0) is 21.7. The second-order valence-electron chi connectivity index (χ2n) is 6.28. The summed E-state index contributed by atoms with van der Waals surface area (Å²) in [5.41, 5.74) is 2.71. The normalized spacial score (nSPS) is 10.3. The molecular weight excluding hydrogens is 406 g/mol. The number of aryl methyl sites for hydroxylation is 1. The Kier molecular flexibility index (Phi) is 6.54. The molecule has 0 aliphatic rings. The first-order chi connectivity index (χ1) is 14.4.